The van der Waals surface area contributed by atoms with E-state index >= 15 is 0 Å². The Balaban J connectivity index is 1.65. The summed E-state index contributed by atoms with van der Waals surface area (Å²) in [6.07, 6.45) is 5.94. The molecule has 1 N–H and O–H groups in total. The lowest BCUT2D eigenvalue weighted by Crippen LogP contribution is -2.24. The van der Waals surface area contributed by atoms with Gasteiger partial charge in [0.25, 0.3) is 5.91 Å². The molecule has 1 amide bonds. The molecule has 0 radical (unpaired) electrons. The maximum atomic E-state index is 13.2. The van der Waals surface area contributed by atoms with Gasteiger partial charge in [-0.15, -0.1) is 11.3 Å². The zero-order valence-electron chi connectivity index (χ0n) is 18.1. The van der Waals surface area contributed by atoms with E-state index < -0.39 is 0 Å². The lowest BCUT2D eigenvalue weighted by Gasteiger charge is -2.13. The van der Waals surface area contributed by atoms with Crippen LogP contribution in [-0.2, 0) is 19.4 Å². The molecule has 0 fully saturated rings. The minimum atomic E-state index is -0.0664. The van der Waals surface area contributed by atoms with Crippen molar-refractivity contribution >= 4 is 44.4 Å². The van der Waals surface area contributed by atoms with Gasteiger partial charge in [0.2, 0.25) is 0 Å². The monoisotopic (exact) mass is 512 g/mol. The quantitative estimate of drug-likeness (QED) is 0.389. The van der Waals surface area contributed by atoms with E-state index in [1.807, 2.05) is 42.5 Å². The van der Waals surface area contributed by atoms with Crippen LogP contribution in [0.5, 0.6) is 11.5 Å². The highest BCUT2D eigenvalue weighted by molar-refractivity contribution is 9.10. The third kappa shape index (κ3) is 4.89. The fraction of sp³-hybridized carbons (Fsp3) is 0.280. The molecule has 0 aliphatic heterocycles. The number of fused-ring (bicyclic) bond motifs is 1. The van der Waals surface area contributed by atoms with Crippen LogP contribution < -0.4 is 14.8 Å². The van der Waals surface area contributed by atoms with Crippen LogP contribution in [0.15, 0.2) is 51.9 Å². The number of benzene rings is 2. The molecule has 4 rings (SSSR count). The topological polar surface area (TPSA) is 59.9 Å². The van der Waals surface area contributed by atoms with Gasteiger partial charge < -0.3 is 14.8 Å². The van der Waals surface area contributed by atoms with Crippen molar-refractivity contribution < 1.29 is 14.3 Å². The lowest BCUT2D eigenvalue weighted by molar-refractivity contribution is 0.0951. The highest BCUT2D eigenvalue weighted by atomic mass is 79.9. The number of nitrogens with one attached hydrogen (secondary N) is 1. The van der Waals surface area contributed by atoms with Crippen LogP contribution in [-0.4, -0.2) is 26.3 Å². The van der Waals surface area contributed by atoms with E-state index in [0.717, 1.165) is 51.8 Å². The van der Waals surface area contributed by atoms with Gasteiger partial charge in [0.15, 0.2) is 0 Å². The number of halogens is 1. The van der Waals surface area contributed by atoms with E-state index in [2.05, 4.69) is 21.2 Å². The van der Waals surface area contributed by atoms with Crippen LogP contribution in [0.1, 0.15) is 44.8 Å². The molecular formula is C25H25BrN2O3S. The van der Waals surface area contributed by atoms with Gasteiger partial charge in [-0.05, 0) is 58.8 Å². The molecule has 166 valence electrons. The highest BCUT2D eigenvalue weighted by Gasteiger charge is 2.25. The number of aliphatic imine (C=N–C) groups is 1. The Morgan fingerprint density at radius 3 is 2.62 bits per heavy atom. The zero-order valence-corrected chi connectivity index (χ0v) is 20.5. The first-order valence-electron chi connectivity index (χ1n) is 10.5. The predicted octanol–water partition coefficient (Wildman–Crippen LogP) is 6.09. The molecule has 0 saturated carbocycles. The van der Waals surface area contributed by atoms with E-state index in [4.69, 9.17) is 14.5 Å². The Labute approximate surface area is 200 Å². The summed E-state index contributed by atoms with van der Waals surface area (Å²) in [5, 5.41) is 3.83. The molecule has 1 aliphatic carbocycles. The number of methoxy groups -OCH3 is 2. The van der Waals surface area contributed by atoms with Crippen molar-refractivity contribution in [2.75, 3.05) is 14.2 Å². The van der Waals surface area contributed by atoms with Crippen LogP contribution in [0.25, 0.3) is 0 Å². The first-order valence-corrected chi connectivity index (χ1v) is 12.1. The summed E-state index contributed by atoms with van der Waals surface area (Å²) in [6.45, 7) is 0.493. The Kier molecular flexibility index (Phi) is 7.27. The predicted molar refractivity (Wildman–Crippen MR) is 133 cm³/mol. The fourth-order valence-electron chi connectivity index (χ4n) is 3.86. The number of hydrogen-bond donors (Lipinski definition) is 1. The van der Waals surface area contributed by atoms with Gasteiger partial charge in [-0.25, -0.2) is 4.99 Å². The molecule has 3 aromatic rings. The Morgan fingerprint density at radius 1 is 1.12 bits per heavy atom. The SMILES string of the molecule is COc1cc(OC)c(/C=N\c2sc3c(c2C(=O)NCc2ccccc2)CCCC3)cc1Br. The summed E-state index contributed by atoms with van der Waals surface area (Å²) in [4.78, 5) is 19.2. The number of nitrogens with zero attached hydrogens (tertiary/aromatic N) is 1. The standard InChI is InChI=1S/C25H25BrN2O3S/c1-30-20-13-21(31-2)19(26)12-17(20)15-28-25-23(18-10-6-7-11-22(18)32-25)24(29)27-14-16-8-4-3-5-9-16/h3-5,8-9,12-13,15H,6-7,10-11,14H2,1-2H3,(H,27,29)/b28-15-. The molecule has 1 aromatic heterocycles. The van der Waals surface area contributed by atoms with Gasteiger partial charge in [0, 0.05) is 29.3 Å². The average molecular weight is 513 g/mol. The summed E-state index contributed by atoms with van der Waals surface area (Å²) in [5.74, 6) is 1.28. The normalized spacial score (nSPS) is 13.1. The summed E-state index contributed by atoms with van der Waals surface area (Å²) < 4.78 is 11.7. The average Bonchev–Trinajstić information content (AvgIpc) is 3.20. The number of rotatable bonds is 7. The Morgan fingerprint density at radius 2 is 1.88 bits per heavy atom. The molecule has 1 heterocycles. The van der Waals surface area contributed by atoms with Crippen molar-refractivity contribution in [3.8, 4) is 11.5 Å². The van der Waals surface area contributed by atoms with Crippen molar-refractivity contribution in [1.82, 2.24) is 5.32 Å². The van der Waals surface area contributed by atoms with Gasteiger partial charge in [-0.1, -0.05) is 30.3 Å². The van der Waals surface area contributed by atoms with E-state index in [1.54, 1.807) is 31.8 Å². The Bertz CT molecular complexity index is 1140. The third-order valence-corrected chi connectivity index (χ3v) is 7.32. The van der Waals surface area contributed by atoms with Crippen molar-refractivity contribution in [1.29, 1.82) is 0 Å². The summed E-state index contributed by atoms with van der Waals surface area (Å²) >= 11 is 5.14. The molecule has 7 heteroatoms. The summed E-state index contributed by atoms with van der Waals surface area (Å²) in [7, 11) is 3.23. The second kappa shape index (κ2) is 10.3. The molecule has 0 unspecified atom stereocenters. The first-order chi connectivity index (χ1) is 15.6. The molecule has 1 aliphatic rings. The molecule has 0 bridgehead atoms. The molecule has 32 heavy (non-hydrogen) atoms. The molecule has 0 saturated heterocycles. The van der Waals surface area contributed by atoms with Gasteiger partial charge in [0.05, 0.1) is 24.3 Å². The zero-order chi connectivity index (χ0) is 22.5. The highest BCUT2D eigenvalue weighted by Crippen LogP contribution is 2.40. The Hall–Kier alpha value is -2.64. The summed E-state index contributed by atoms with van der Waals surface area (Å²) in [6, 6.07) is 13.7. The van der Waals surface area contributed by atoms with Crippen LogP contribution in [0.2, 0.25) is 0 Å². The fourth-order valence-corrected chi connectivity index (χ4v) is 5.61. The van der Waals surface area contributed by atoms with Crippen molar-refractivity contribution in [2.45, 2.75) is 32.2 Å². The van der Waals surface area contributed by atoms with Crippen LogP contribution >= 0.6 is 27.3 Å². The summed E-state index contributed by atoms with van der Waals surface area (Å²) in [5.41, 5.74) is 3.75. The van der Waals surface area contributed by atoms with Crippen molar-refractivity contribution in [2.24, 2.45) is 4.99 Å². The van der Waals surface area contributed by atoms with Gasteiger partial charge >= 0.3 is 0 Å². The molecule has 2 aromatic carbocycles. The largest absolute Gasteiger partial charge is 0.496 e. The number of aryl methyl sites for hydroxylation is 1. The number of amides is 1. The lowest BCUT2D eigenvalue weighted by atomic mass is 9.95. The van der Waals surface area contributed by atoms with Crippen molar-refractivity contribution in [3.63, 3.8) is 0 Å². The number of ether oxygens (including phenoxy) is 2. The first kappa shape index (κ1) is 22.6. The molecular weight excluding hydrogens is 488 g/mol. The maximum Gasteiger partial charge on any atom is 0.254 e. The van der Waals surface area contributed by atoms with Gasteiger partial charge in [-0.3, -0.25) is 4.79 Å². The smallest absolute Gasteiger partial charge is 0.254 e. The van der Waals surface area contributed by atoms with Crippen LogP contribution in [0.3, 0.4) is 0 Å². The van der Waals surface area contributed by atoms with Gasteiger partial charge in [0.1, 0.15) is 16.5 Å². The maximum absolute atomic E-state index is 13.2. The second-order valence-corrected chi connectivity index (χ2v) is 9.48. The number of carbonyl (C=O) groups excluding carboxylic acids is 1. The number of carbonyl (C=O) groups is 1. The molecule has 0 atom stereocenters. The van der Waals surface area contributed by atoms with Crippen molar-refractivity contribution in [3.05, 3.63) is 74.1 Å². The van der Waals surface area contributed by atoms with E-state index in [1.165, 1.54) is 4.88 Å². The minimum absolute atomic E-state index is 0.0664. The number of hydrogen-bond acceptors (Lipinski definition) is 5. The third-order valence-electron chi connectivity index (χ3n) is 5.50. The van der Waals surface area contributed by atoms with E-state index in [9.17, 15) is 4.79 Å². The van der Waals surface area contributed by atoms with Crippen LogP contribution in [0, 0.1) is 0 Å². The van der Waals surface area contributed by atoms with Crippen LogP contribution in [0.4, 0.5) is 5.00 Å². The number of thiophene rings is 1. The molecule has 0 spiro atoms. The van der Waals surface area contributed by atoms with E-state index in [-0.39, 0.29) is 5.91 Å². The van der Waals surface area contributed by atoms with Gasteiger partial charge in [-0.2, -0.15) is 0 Å². The van der Waals surface area contributed by atoms with E-state index in [0.29, 0.717) is 23.6 Å². The minimum Gasteiger partial charge on any atom is -0.496 e. The molecule has 5 nitrogen and oxygen atoms in total. The second-order valence-electron chi connectivity index (χ2n) is 7.55.